The predicted octanol–water partition coefficient (Wildman–Crippen LogP) is 4.52. The molecule has 0 aromatic carbocycles. The zero-order valence-corrected chi connectivity index (χ0v) is 19.9. The molecule has 0 N–H and O–H groups in total. The third kappa shape index (κ3) is 3.75. The average molecular weight is 440 g/mol. The van der Waals surface area contributed by atoms with Crippen LogP contribution in [-0.2, 0) is 18.6 Å². The Bertz CT molecular complexity index is 911. The lowest BCUT2D eigenvalue weighted by Gasteiger charge is -2.37. The number of aromatic nitrogens is 3. The van der Waals surface area contributed by atoms with E-state index >= 15 is 0 Å². The van der Waals surface area contributed by atoms with E-state index in [1.807, 2.05) is 30.7 Å². The van der Waals surface area contributed by atoms with E-state index < -0.39 is 14.1 Å². The van der Waals surface area contributed by atoms with Gasteiger partial charge >= 0.3 is 0 Å². The largest absolute Gasteiger partial charge is 0.414 e. The van der Waals surface area contributed by atoms with E-state index in [2.05, 4.69) is 43.8 Å². The second-order valence-corrected chi connectivity index (χ2v) is 15.0. The summed E-state index contributed by atoms with van der Waals surface area (Å²) in [7, 11) is -1.91. The monoisotopic (exact) mass is 439 g/mol. The molecule has 1 unspecified atom stereocenters. The maximum absolute atomic E-state index is 6.45. The fraction of sp³-hybridized carbons (Fsp3) is 0.700. The van der Waals surface area contributed by atoms with E-state index in [0.29, 0.717) is 17.4 Å². The van der Waals surface area contributed by atoms with Gasteiger partial charge in [-0.15, -0.1) is 0 Å². The summed E-state index contributed by atoms with van der Waals surface area (Å²) < 4.78 is 27.3. The number of nitrogens with zero attached hydrogens (tertiary/aromatic N) is 3. The molecule has 4 atom stereocenters. The zero-order valence-electron chi connectivity index (χ0n) is 18.1. The van der Waals surface area contributed by atoms with Crippen LogP contribution < -0.4 is 0 Å². The van der Waals surface area contributed by atoms with Crippen molar-refractivity contribution in [1.82, 2.24) is 14.5 Å². The van der Waals surface area contributed by atoms with Gasteiger partial charge in [0.1, 0.15) is 35.4 Å². The number of halogens is 1. The smallest absolute Gasteiger partial charge is 0.192 e. The van der Waals surface area contributed by atoms with Gasteiger partial charge in [0.25, 0.3) is 0 Å². The Balaban J connectivity index is 1.62. The Morgan fingerprint density at radius 2 is 1.90 bits per heavy atom. The summed E-state index contributed by atoms with van der Waals surface area (Å²) in [6, 6.07) is 1.90. The Hall–Kier alpha value is -1.03. The van der Waals surface area contributed by atoms with Crippen LogP contribution in [0.15, 0.2) is 18.6 Å². The molecule has 0 bridgehead atoms. The first kappa shape index (κ1) is 21.2. The molecule has 2 aromatic rings. The molecule has 2 aliphatic rings. The van der Waals surface area contributed by atoms with E-state index in [1.54, 1.807) is 0 Å². The van der Waals surface area contributed by atoms with E-state index in [4.69, 9.17) is 30.2 Å². The van der Waals surface area contributed by atoms with Crippen LogP contribution in [0.1, 0.15) is 40.8 Å². The van der Waals surface area contributed by atoms with Crippen molar-refractivity contribution in [3.63, 3.8) is 0 Å². The van der Waals surface area contributed by atoms with Crippen LogP contribution in [0.5, 0.6) is 0 Å². The first-order valence-electron chi connectivity index (χ1n) is 10.0. The molecular formula is C20H30ClN3O4Si. The maximum atomic E-state index is 6.45. The Morgan fingerprint density at radius 1 is 1.21 bits per heavy atom. The van der Waals surface area contributed by atoms with Crippen molar-refractivity contribution >= 4 is 31.0 Å². The highest BCUT2D eigenvalue weighted by Gasteiger charge is 2.56. The van der Waals surface area contributed by atoms with Crippen LogP contribution in [-0.4, -0.2) is 53.6 Å². The van der Waals surface area contributed by atoms with Gasteiger partial charge in [0.15, 0.2) is 20.3 Å². The molecule has 29 heavy (non-hydrogen) atoms. The second-order valence-electron chi connectivity index (χ2n) is 9.83. The SMILES string of the molecule is CC1(C)OC2[C@@H](CO[Si](C)(C)C(C)(C)C)O[C@@H](n3ccc4c(Cl)ncnc43)[C@H]2O1. The summed E-state index contributed by atoms with van der Waals surface area (Å²) >= 11 is 6.23. The Kier molecular flexibility index (Phi) is 5.12. The highest BCUT2D eigenvalue weighted by Crippen LogP contribution is 2.45. The highest BCUT2D eigenvalue weighted by atomic mass is 35.5. The Morgan fingerprint density at radius 3 is 2.59 bits per heavy atom. The standard InChI is InChI=1S/C20H30ClN3O4Si/c1-19(2,3)29(6,7)25-10-13-14-15(28-20(4,5)27-14)18(26-13)24-9-8-12-16(21)22-11-23-17(12)24/h8-9,11,13-15,18H,10H2,1-7H3/t13-,14?,15+,18-/m1/s1. The lowest BCUT2D eigenvalue weighted by Crippen LogP contribution is -2.44. The molecule has 0 radical (unpaired) electrons. The average Bonchev–Trinajstić information content (AvgIpc) is 3.24. The van der Waals surface area contributed by atoms with Crippen molar-refractivity contribution in [2.75, 3.05) is 6.61 Å². The third-order valence-corrected chi connectivity index (χ3v) is 11.1. The lowest BCUT2D eigenvalue weighted by molar-refractivity contribution is -0.199. The molecule has 9 heteroatoms. The molecular weight excluding hydrogens is 410 g/mol. The van der Waals surface area contributed by atoms with Crippen molar-refractivity contribution in [2.45, 2.75) is 83.1 Å². The summed E-state index contributed by atoms with van der Waals surface area (Å²) in [6.07, 6.45) is 2.30. The summed E-state index contributed by atoms with van der Waals surface area (Å²) in [6.45, 7) is 15.5. The molecule has 0 amide bonds. The third-order valence-electron chi connectivity index (χ3n) is 6.27. The quantitative estimate of drug-likeness (QED) is 0.515. The molecule has 0 aliphatic carbocycles. The van der Waals surface area contributed by atoms with E-state index in [1.165, 1.54) is 6.33 Å². The number of fused-ring (bicyclic) bond motifs is 2. The van der Waals surface area contributed by atoms with Crippen LogP contribution in [0.3, 0.4) is 0 Å². The van der Waals surface area contributed by atoms with E-state index in [0.717, 1.165) is 5.39 Å². The van der Waals surface area contributed by atoms with Crippen LogP contribution >= 0.6 is 11.6 Å². The zero-order chi connectivity index (χ0) is 21.2. The number of ether oxygens (including phenoxy) is 3. The molecule has 2 aromatic heterocycles. The van der Waals surface area contributed by atoms with Crippen LogP contribution in [0.4, 0.5) is 0 Å². The summed E-state index contributed by atoms with van der Waals surface area (Å²) in [5.74, 6) is -0.678. The van der Waals surface area contributed by atoms with Crippen LogP contribution in [0, 0.1) is 0 Å². The molecule has 160 valence electrons. The summed E-state index contributed by atoms with van der Waals surface area (Å²) in [5, 5.41) is 1.33. The van der Waals surface area contributed by atoms with E-state index in [-0.39, 0.29) is 29.6 Å². The highest BCUT2D eigenvalue weighted by molar-refractivity contribution is 6.74. The van der Waals surface area contributed by atoms with Crippen molar-refractivity contribution in [1.29, 1.82) is 0 Å². The van der Waals surface area contributed by atoms with Crippen LogP contribution in [0.25, 0.3) is 11.0 Å². The summed E-state index contributed by atoms with van der Waals surface area (Å²) in [4.78, 5) is 8.47. The molecule has 2 saturated heterocycles. The number of hydrogen-bond donors (Lipinski definition) is 0. The fourth-order valence-electron chi connectivity index (χ4n) is 3.67. The van der Waals surface area contributed by atoms with Gasteiger partial charge in [0, 0.05) is 6.20 Å². The van der Waals surface area contributed by atoms with Gasteiger partial charge in [0.05, 0.1) is 12.0 Å². The lowest BCUT2D eigenvalue weighted by atomic mass is 10.1. The molecule has 2 fully saturated rings. The van der Waals surface area contributed by atoms with Gasteiger partial charge in [-0.05, 0) is 38.0 Å². The molecule has 0 saturated carbocycles. The normalized spacial score (nSPS) is 29.5. The van der Waals surface area contributed by atoms with Crippen molar-refractivity contribution < 1.29 is 18.6 Å². The molecule has 4 rings (SSSR count). The first-order chi connectivity index (χ1) is 13.4. The van der Waals surface area contributed by atoms with Gasteiger partial charge in [0.2, 0.25) is 0 Å². The minimum absolute atomic E-state index is 0.126. The topological polar surface area (TPSA) is 67.6 Å². The Labute approximate surface area is 177 Å². The second kappa shape index (κ2) is 7.00. The van der Waals surface area contributed by atoms with Crippen molar-refractivity contribution in [2.24, 2.45) is 0 Å². The summed E-state index contributed by atoms with van der Waals surface area (Å²) in [5.41, 5.74) is 0.716. The molecule has 2 aliphatic heterocycles. The van der Waals surface area contributed by atoms with Gasteiger partial charge in [-0.2, -0.15) is 0 Å². The van der Waals surface area contributed by atoms with Crippen molar-refractivity contribution in [3.8, 4) is 0 Å². The van der Waals surface area contributed by atoms with Crippen LogP contribution in [0.2, 0.25) is 23.3 Å². The molecule has 4 heterocycles. The maximum Gasteiger partial charge on any atom is 0.192 e. The predicted molar refractivity (Wildman–Crippen MR) is 113 cm³/mol. The van der Waals surface area contributed by atoms with Gasteiger partial charge in [-0.25, -0.2) is 9.97 Å². The fourth-order valence-corrected chi connectivity index (χ4v) is 4.87. The molecule has 0 spiro atoms. The van der Waals surface area contributed by atoms with Gasteiger partial charge in [-0.3, -0.25) is 0 Å². The minimum Gasteiger partial charge on any atom is -0.414 e. The van der Waals surface area contributed by atoms with Crippen molar-refractivity contribution in [3.05, 3.63) is 23.7 Å². The van der Waals surface area contributed by atoms with E-state index in [9.17, 15) is 0 Å². The minimum atomic E-state index is -1.91. The number of hydrogen-bond acceptors (Lipinski definition) is 6. The first-order valence-corrected chi connectivity index (χ1v) is 13.3. The van der Waals surface area contributed by atoms with Gasteiger partial charge < -0.3 is 23.2 Å². The molecule has 7 nitrogen and oxygen atoms in total. The number of rotatable bonds is 4. The van der Waals surface area contributed by atoms with Gasteiger partial charge in [-0.1, -0.05) is 32.4 Å².